The number of hydrogen-bond acceptors (Lipinski definition) is 4. The highest BCUT2D eigenvalue weighted by atomic mass is 16.5. The number of hydrogen-bond donors (Lipinski definition) is 1. The highest BCUT2D eigenvalue weighted by molar-refractivity contribution is 6.01. The zero-order chi connectivity index (χ0) is 17.0. The van der Waals surface area contributed by atoms with E-state index in [1.54, 1.807) is 11.0 Å². The molecule has 23 heavy (non-hydrogen) atoms. The molecule has 2 N–H and O–H groups in total. The third-order valence-corrected chi connectivity index (χ3v) is 3.75. The lowest BCUT2D eigenvalue weighted by Crippen LogP contribution is -2.38. The molecule has 0 saturated heterocycles. The summed E-state index contributed by atoms with van der Waals surface area (Å²) in [5.41, 5.74) is 2.34. The van der Waals surface area contributed by atoms with E-state index in [0.29, 0.717) is 30.6 Å². The number of esters is 1. The number of allylic oxidation sites excluding steroid dienone is 3. The number of ether oxygens (including phenoxy) is 1. The van der Waals surface area contributed by atoms with Crippen molar-refractivity contribution in [2.24, 2.45) is 0 Å². The fraction of sp³-hybridized carbons (Fsp3) is 0.294. The molecular weight excluding hydrogens is 294 g/mol. The van der Waals surface area contributed by atoms with E-state index in [1.807, 2.05) is 25.2 Å². The maximum atomic E-state index is 12.7. The first-order valence-electron chi connectivity index (χ1n) is 7.34. The van der Waals surface area contributed by atoms with Crippen LogP contribution >= 0.6 is 0 Å². The lowest BCUT2D eigenvalue weighted by Gasteiger charge is -2.27. The van der Waals surface area contributed by atoms with Crippen molar-refractivity contribution in [1.29, 1.82) is 0 Å². The summed E-state index contributed by atoms with van der Waals surface area (Å²) in [7, 11) is 1.29. The van der Waals surface area contributed by atoms with E-state index in [2.05, 4.69) is 6.58 Å². The lowest BCUT2D eigenvalue weighted by molar-refractivity contribution is 0.0589. The minimum atomic E-state index is -0.531. The summed E-state index contributed by atoms with van der Waals surface area (Å²) in [6.07, 6.45) is 9.48. The van der Waals surface area contributed by atoms with Crippen molar-refractivity contribution in [3.63, 3.8) is 0 Å². The molecule has 0 aromatic carbocycles. The van der Waals surface area contributed by atoms with Crippen molar-refractivity contribution in [3.8, 4) is 0 Å². The normalized spacial score (nSPS) is 15.0. The van der Waals surface area contributed by atoms with Crippen LogP contribution in [0.3, 0.4) is 0 Å². The molecule has 1 aliphatic heterocycles. The molecule has 0 aliphatic carbocycles. The number of fused-ring (bicyclic) bond motifs is 1. The van der Waals surface area contributed by atoms with Crippen LogP contribution in [0.2, 0.25) is 0 Å². The number of methoxy groups -OCH3 is 1. The summed E-state index contributed by atoms with van der Waals surface area (Å²) < 4.78 is 5.91. The molecule has 6 heteroatoms. The molecule has 1 aromatic heterocycles. The van der Waals surface area contributed by atoms with Gasteiger partial charge in [0, 0.05) is 24.8 Å². The maximum Gasteiger partial charge on any atom is 0.356 e. The van der Waals surface area contributed by atoms with Crippen LogP contribution < -0.4 is 5.84 Å². The Morgan fingerprint density at radius 2 is 2.26 bits per heavy atom. The molecule has 0 bridgehead atoms. The van der Waals surface area contributed by atoms with E-state index in [0.717, 1.165) is 5.57 Å². The SMILES string of the molecule is C=C/C=C(\C=C/C)CN1CCc2c(cn(N)c2C(=O)OC)C1=O. The van der Waals surface area contributed by atoms with Gasteiger partial charge in [-0.2, -0.15) is 0 Å². The van der Waals surface area contributed by atoms with E-state index in [-0.39, 0.29) is 11.6 Å². The first-order chi connectivity index (χ1) is 11.0. The van der Waals surface area contributed by atoms with Crippen LogP contribution in [-0.4, -0.2) is 41.7 Å². The molecule has 1 amide bonds. The van der Waals surface area contributed by atoms with Crippen molar-refractivity contribution >= 4 is 11.9 Å². The molecular formula is C17H21N3O3. The molecule has 2 heterocycles. The van der Waals surface area contributed by atoms with Crippen molar-refractivity contribution in [1.82, 2.24) is 9.58 Å². The molecule has 1 aromatic rings. The fourth-order valence-electron chi connectivity index (χ4n) is 2.74. The van der Waals surface area contributed by atoms with Crippen LogP contribution in [0.15, 0.2) is 42.7 Å². The van der Waals surface area contributed by atoms with Crippen molar-refractivity contribution in [2.75, 3.05) is 26.0 Å². The van der Waals surface area contributed by atoms with Gasteiger partial charge in [0.2, 0.25) is 0 Å². The maximum absolute atomic E-state index is 12.7. The molecule has 122 valence electrons. The standard InChI is InChI=1S/C17H21N3O3/c1-4-6-12(7-5-2)10-19-9-8-13-14(16(19)21)11-20(18)15(13)17(22)23-3/h4-7,11H,1,8-10,18H2,2-3H3/b7-5-,12-6+. The predicted octanol–water partition coefficient (Wildman–Crippen LogP) is 1.68. The van der Waals surface area contributed by atoms with Crippen LogP contribution in [-0.2, 0) is 11.2 Å². The number of nitrogens with zero attached hydrogens (tertiary/aromatic N) is 2. The Labute approximate surface area is 135 Å². The number of nitrogen functional groups attached to an aromatic ring is 1. The molecule has 0 spiro atoms. The van der Waals surface area contributed by atoms with Gasteiger partial charge in [-0.05, 0) is 18.9 Å². The lowest BCUT2D eigenvalue weighted by atomic mass is 10.0. The zero-order valence-electron chi connectivity index (χ0n) is 13.4. The van der Waals surface area contributed by atoms with Gasteiger partial charge in [-0.1, -0.05) is 30.9 Å². The van der Waals surface area contributed by atoms with E-state index in [9.17, 15) is 9.59 Å². The average Bonchev–Trinajstić information content (AvgIpc) is 2.87. The second-order valence-corrected chi connectivity index (χ2v) is 5.22. The van der Waals surface area contributed by atoms with Crippen molar-refractivity contribution in [3.05, 3.63) is 59.5 Å². The zero-order valence-corrected chi connectivity index (χ0v) is 13.4. The number of aromatic nitrogens is 1. The van der Waals surface area contributed by atoms with Crippen LogP contribution in [0.1, 0.15) is 33.3 Å². The van der Waals surface area contributed by atoms with Gasteiger partial charge in [0.15, 0.2) is 5.69 Å². The highest BCUT2D eigenvalue weighted by Gasteiger charge is 2.31. The van der Waals surface area contributed by atoms with Crippen LogP contribution in [0.25, 0.3) is 0 Å². The number of amides is 1. The summed E-state index contributed by atoms with van der Waals surface area (Å²) in [6.45, 7) is 6.61. The van der Waals surface area contributed by atoms with Crippen molar-refractivity contribution < 1.29 is 14.3 Å². The first kappa shape index (κ1) is 16.6. The van der Waals surface area contributed by atoms with Gasteiger partial charge < -0.3 is 15.5 Å². The molecule has 0 atom stereocenters. The molecule has 0 fully saturated rings. The molecule has 0 radical (unpaired) electrons. The second-order valence-electron chi connectivity index (χ2n) is 5.22. The van der Waals surface area contributed by atoms with Gasteiger partial charge >= 0.3 is 5.97 Å². The summed E-state index contributed by atoms with van der Waals surface area (Å²) in [5, 5.41) is 0. The summed E-state index contributed by atoms with van der Waals surface area (Å²) in [5.74, 6) is 5.14. The Morgan fingerprint density at radius 1 is 1.52 bits per heavy atom. The van der Waals surface area contributed by atoms with E-state index in [1.165, 1.54) is 18.0 Å². The van der Waals surface area contributed by atoms with Gasteiger partial charge in [0.05, 0.1) is 12.7 Å². The summed E-state index contributed by atoms with van der Waals surface area (Å²) >= 11 is 0. The Balaban J connectivity index is 2.30. The molecule has 0 unspecified atom stereocenters. The third-order valence-electron chi connectivity index (χ3n) is 3.75. The Bertz CT molecular complexity index is 698. The average molecular weight is 315 g/mol. The summed E-state index contributed by atoms with van der Waals surface area (Å²) in [4.78, 5) is 26.2. The van der Waals surface area contributed by atoms with E-state index in [4.69, 9.17) is 10.6 Å². The van der Waals surface area contributed by atoms with Gasteiger partial charge in [0.1, 0.15) is 0 Å². The smallest absolute Gasteiger partial charge is 0.356 e. The monoisotopic (exact) mass is 315 g/mol. The van der Waals surface area contributed by atoms with Crippen LogP contribution in [0.5, 0.6) is 0 Å². The van der Waals surface area contributed by atoms with Gasteiger partial charge in [-0.3, -0.25) is 9.47 Å². The van der Waals surface area contributed by atoms with Gasteiger partial charge in [0.25, 0.3) is 5.91 Å². The number of carbonyl (C=O) groups is 2. The minimum Gasteiger partial charge on any atom is -0.464 e. The Morgan fingerprint density at radius 3 is 2.87 bits per heavy atom. The quantitative estimate of drug-likeness (QED) is 0.509. The summed E-state index contributed by atoms with van der Waals surface area (Å²) in [6, 6.07) is 0. The predicted molar refractivity (Wildman–Crippen MR) is 88.6 cm³/mol. The van der Waals surface area contributed by atoms with Gasteiger partial charge in [-0.25, -0.2) is 4.79 Å². The van der Waals surface area contributed by atoms with E-state index >= 15 is 0 Å². The van der Waals surface area contributed by atoms with Crippen LogP contribution in [0, 0.1) is 0 Å². The topological polar surface area (TPSA) is 77.6 Å². The molecule has 6 nitrogen and oxygen atoms in total. The van der Waals surface area contributed by atoms with E-state index < -0.39 is 5.97 Å². The molecule has 0 saturated carbocycles. The third kappa shape index (κ3) is 3.21. The van der Waals surface area contributed by atoms with Gasteiger partial charge in [-0.15, -0.1) is 0 Å². The van der Waals surface area contributed by atoms with Crippen LogP contribution in [0.4, 0.5) is 0 Å². The molecule has 1 aliphatic rings. The Hall–Kier alpha value is -2.76. The Kier molecular flexibility index (Phi) is 5.05. The minimum absolute atomic E-state index is 0.139. The van der Waals surface area contributed by atoms with Crippen molar-refractivity contribution in [2.45, 2.75) is 13.3 Å². The molecule has 2 rings (SSSR count). The first-order valence-corrected chi connectivity index (χ1v) is 7.34. The number of rotatable bonds is 5. The highest BCUT2D eigenvalue weighted by Crippen LogP contribution is 2.24. The number of carbonyl (C=O) groups excluding carboxylic acids is 2. The second kappa shape index (κ2) is 7.00. The largest absolute Gasteiger partial charge is 0.464 e. The number of nitrogens with two attached hydrogens (primary N) is 1. The fourth-order valence-corrected chi connectivity index (χ4v) is 2.74.